The Morgan fingerprint density at radius 3 is 2.44 bits per heavy atom. The van der Waals surface area contributed by atoms with Crippen LogP contribution in [-0.2, 0) is 19.1 Å². The fraction of sp³-hybridized carbons (Fsp3) is 0.409. The van der Waals surface area contributed by atoms with Crippen molar-refractivity contribution >= 4 is 17.2 Å². The van der Waals surface area contributed by atoms with Crippen LogP contribution in [0.15, 0.2) is 16.7 Å². The summed E-state index contributed by atoms with van der Waals surface area (Å²) in [5.74, 6) is -4.48. The Labute approximate surface area is 205 Å². The predicted molar refractivity (Wildman–Crippen MR) is 116 cm³/mol. The van der Waals surface area contributed by atoms with Gasteiger partial charge in [0.15, 0.2) is 5.76 Å². The van der Waals surface area contributed by atoms with E-state index < -0.39 is 46.2 Å². The van der Waals surface area contributed by atoms with E-state index in [0.717, 1.165) is 24.5 Å². The molecular weight excluding hydrogens is 507 g/mol. The highest BCUT2D eigenvalue weighted by Gasteiger charge is 2.51. The summed E-state index contributed by atoms with van der Waals surface area (Å²) < 4.78 is 74.9. The van der Waals surface area contributed by atoms with E-state index in [-0.39, 0.29) is 27.6 Å². The normalized spacial score (nSPS) is 14.8. The molecule has 1 aliphatic carbocycles. The van der Waals surface area contributed by atoms with Gasteiger partial charge in [0.1, 0.15) is 39.1 Å². The van der Waals surface area contributed by atoms with E-state index in [1.807, 2.05) is 6.07 Å². The molecular formula is C22H17F5N6O2S. The number of nitrogens with zero attached hydrogens (tertiary/aromatic N) is 6. The summed E-state index contributed by atoms with van der Waals surface area (Å²) in [7, 11) is 1.08. The highest BCUT2D eigenvalue weighted by Crippen LogP contribution is 2.45. The summed E-state index contributed by atoms with van der Waals surface area (Å²) in [6.07, 6.45) is -4.13. The summed E-state index contributed by atoms with van der Waals surface area (Å²) >= 11 is 0.849. The number of amides is 1. The lowest BCUT2D eigenvalue weighted by Crippen LogP contribution is -2.41. The minimum Gasteiger partial charge on any atom is -0.355 e. The fourth-order valence-corrected chi connectivity index (χ4v) is 4.89. The number of nitriles is 2. The number of halogens is 5. The van der Waals surface area contributed by atoms with Crippen LogP contribution in [0.3, 0.4) is 0 Å². The van der Waals surface area contributed by atoms with E-state index in [9.17, 15) is 37.3 Å². The lowest BCUT2D eigenvalue weighted by molar-refractivity contribution is -0.141. The van der Waals surface area contributed by atoms with Crippen LogP contribution in [0.2, 0.25) is 0 Å². The van der Waals surface area contributed by atoms with Crippen molar-refractivity contribution in [1.82, 2.24) is 19.8 Å². The quantitative estimate of drug-likeness (QED) is 0.403. The highest BCUT2D eigenvalue weighted by molar-refractivity contribution is 7.16. The molecule has 0 bridgehead atoms. The molecule has 1 amide bonds. The molecule has 0 atom stereocenters. The topological polar surface area (TPSA) is 112 Å². The first kappa shape index (κ1) is 25.3. The Kier molecular flexibility index (Phi) is 5.92. The zero-order valence-electron chi connectivity index (χ0n) is 19.1. The second-order valence-corrected chi connectivity index (χ2v) is 9.37. The number of aromatic nitrogens is 3. The molecule has 1 fully saturated rings. The van der Waals surface area contributed by atoms with Crippen LogP contribution in [0.4, 0.5) is 22.0 Å². The van der Waals surface area contributed by atoms with Gasteiger partial charge in [0.2, 0.25) is 0 Å². The number of aryl methyl sites for hydroxylation is 1. The largest absolute Gasteiger partial charge is 0.420 e. The molecule has 3 heterocycles. The van der Waals surface area contributed by atoms with Crippen LogP contribution in [0.1, 0.15) is 53.2 Å². The lowest BCUT2D eigenvalue weighted by atomic mass is 10.1. The van der Waals surface area contributed by atoms with Crippen molar-refractivity contribution in [2.75, 3.05) is 6.54 Å². The van der Waals surface area contributed by atoms with Gasteiger partial charge in [-0.15, -0.1) is 11.3 Å². The van der Waals surface area contributed by atoms with E-state index in [2.05, 4.69) is 16.3 Å². The predicted octanol–water partition coefficient (Wildman–Crippen LogP) is 5.32. The van der Waals surface area contributed by atoms with Gasteiger partial charge in [-0.1, -0.05) is 5.16 Å². The number of carbonyl (C=O) groups is 1. The number of alkyl halides is 5. The van der Waals surface area contributed by atoms with Gasteiger partial charge in [-0.2, -0.15) is 37.6 Å². The van der Waals surface area contributed by atoms with Crippen molar-refractivity contribution in [2.45, 2.75) is 44.3 Å². The molecule has 4 rings (SSSR count). The molecule has 14 heteroatoms. The van der Waals surface area contributed by atoms with E-state index in [1.165, 1.54) is 11.0 Å². The van der Waals surface area contributed by atoms with Gasteiger partial charge in [0.25, 0.3) is 11.8 Å². The zero-order valence-corrected chi connectivity index (χ0v) is 19.9. The van der Waals surface area contributed by atoms with Crippen molar-refractivity contribution < 1.29 is 31.3 Å². The van der Waals surface area contributed by atoms with Gasteiger partial charge >= 0.3 is 6.18 Å². The second kappa shape index (κ2) is 8.41. The maximum atomic E-state index is 13.9. The molecule has 0 saturated heterocycles. The van der Waals surface area contributed by atoms with Gasteiger partial charge in [0, 0.05) is 26.6 Å². The van der Waals surface area contributed by atoms with E-state index >= 15 is 0 Å². The maximum Gasteiger partial charge on any atom is 0.420 e. The molecule has 8 nitrogen and oxygen atoms in total. The molecule has 36 heavy (non-hydrogen) atoms. The third kappa shape index (κ3) is 4.11. The smallest absolute Gasteiger partial charge is 0.355 e. The Morgan fingerprint density at radius 1 is 1.28 bits per heavy atom. The van der Waals surface area contributed by atoms with Crippen molar-refractivity contribution in [1.29, 1.82) is 10.5 Å². The Bertz CT molecular complexity index is 1430. The van der Waals surface area contributed by atoms with E-state index in [4.69, 9.17) is 4.52 Å². The third-order valence-electron chi connectivity index (χ3n) is 5.82. The summed E-state index contributed by atoms with van der Waals surface area (Å²) in [5, 5.41) is 26.0. The van der Waals surface area contributed by atoms with Gasteiger partial charge < -0.3 is 9.42 Å². The Morgan fingerprint density at radius 2 is 1.94 bits per heavy atom. The van der Waals surface area contributed by atoms with Crippen molar-refractivity contribution in [2.24, 2.45) is 7.05 Å². The molecule has 3 aromatic heterocycles. The van der Waals surface area contributed by atoms with E-state index in [1.54, 1.807) is 6.92 Å². The van der Waals surface area contributed by atoms with Crippen molar-refractivity contribution in [3.63, 3.8) is 0 Å². The standard InChI is InChI=1S/C22H17F5N6O2S/c1-4-33(21(10-29)5-6-21)19(34)11-7-14(36-15(11)9-28)13-8-12(31-35-13)17-16(22(25,26)27)18(20(2,23)24)30-32(17)3/h7-8H,4-6H2,1-3H3. The third-order valence-corrected chi connectivity index (χ3v) is 6.87. The van der Waals surface area contributed by atoms with Crippen LogP contribution in [-0.4, -0.2) is 37.8 Å². The lowest BCUT2D eigenvalue weighted by Gasteiger charge is -2.25. The molecule has 0 N–H and O–H groups in total. The molecule has 0 aromatic carbocycles. The van der Waals surface area contributed by atoms with Gasteiger partial charge in [-0.3, -0.25) is 9.48 Å². The Balaban J connectivity index is 1.77. The fourth-order valence-electron chi connectivity index (χ4n) is 4.00. The monoisotopic (exact) mass is 524 g/mol. The number of hydrogen-bond acceptors (Lipinski definition) is 7. The minimum absolute atomic E-state index is 0.0169. The number of thiophene rings is 1. The summed E-state index contributed by atoms with van der Waals surface area (Å²) in [4.78, 5) is 14.8. The van der Waals surface area contributed by atoms with Gasteiger partial charge in [-0.05, 0) is 25.8 Å². The van der Waals surface area contributed by atoms with Crippen LogP contribution >= 0.6 is 11.3 Å². The zero-order chi connectivity index (χ0) is 26.6. The first-order valence-electron chi connectivity index (χ1n) is 10.5. The maximum absolute atomic E-state index is 13.9. The first-order valence-corrected chi connectivity index (χ1v) is 11.4. The summed E-state index contributed by atoms with van der Waals surface area (Å²) in [6, 6.07) is 6.48. The average molecular weight is 524 g/mol. The minimum atomic E-state index is -5.16. The first-order chi connectivity index (χ1) is 16.8. The van der Waals surface area contributed by atoms with Crippen molar-refractivity contribution in [3.8, 4) is 34.2 Å². The summed E-state index contributed by atoms with van der Waals surface area (Å²) in [5.41, 5.74) is -5.11. The number of hydrogen-bond donors (Lipinski definition) is 0. The molecule has 0 radical (unpaired) electrons. The number of rotatable bonds is 6. The van der Waals surface area contributed by atoms with Crippen LogP contribution in [0.5, 0.6) is 0 Å². The molecule has 0 spiro atoms. The highest BCUT2D eigenvalue weighted by atomic mass is 32.1. The molecule has 1 saturated carbocycles. The SMILES string of the molecule is CCN(C(=O)c1cc(-c2cc(-c3c(C(F)(F)F)c(C(C)(F)F)nn3C)no2)sc1C#N)C1(C#N)CC1. The molecule has 188 valence electrons. The average Bonchev–Trinajstić information content (AvgIpc) is 3.15. The van der Waals surface area contributed by atoms with Crippen LogP contribution < -0.4 is 0 Å². The molecule has 0 unspecified atom stereocenters. The van der Waals surface area contributed by atoms with E-state index in [0.29, 0.717) is 24.4 Å². The summed E-state index contributed by atoms with van der Waals surface area (Å²) in [6.45, 7) is 2.26. The Hall–Kier alpha value is -3.78. The van der Waals surface area contributed by atoms with Crippen molar-refractivity contribution in [3.05, 3.63) is 33.8 Å². The van der Waals surface area contributed by atoms with Crippen LogP contribution in [0.25, 0.3) is 22.0 Å². The van der Waals surface area contributed by atoms with Gasteiger partial charge in [0.05, 0.1) is 16.5 Å². The molecule has 3 aromatic rings. The van der Waals surface area contributed by atoms with Gasteiger partial charge in [-0.25, -0.2) is 0 Å². The molecule has 0 aliphatic heterocycles. The second-order valence-electron chi connectivity index (χ2n) is 8.32. The van der Waals surface area contributed by atoms with Crippen LogP contribution in [0, 0.1) is 22.7 Å². The number of carbonyl (C=O) groups excluding carboxylic acids is 1. The molecule has 1 aliphatic rings.